The summed E-state index contributed by atoms with van der Waals surface area (Å²) in [5, 5.41) is 3.40. The predicted octanol–water partition coefficient (Wildman–Crippen LogP) is 2.89. The van der Waals surface area contributed by atoms with Gasteiger partial charge < -0.3 is 5.32 Å². The largest absolute Gasteiger partial charge is 0.314 e. The number of piperazine rings is 1. The van der Waals surface area contributed by atoms with E-state index in [1.165, 1.54) is 36.5 Å². The average Bonchev–Trinajstić information content (AvgIpc) is 2.61. The van der Waals surface area contributed by atoms with E-state index in [1.807, 2.05) is 24.0 Å². The Kier molecular flexibility index (Phi) is 5.87. The molecule has 0 spiro atoms. The standard InChI is InChI=1S/C18H23N3S/c1-2-6-17(18-7-3-4-8-20-18)16(5-1)15-22-14-13-21-11-9-19-10-12-21/h1-8,19H,9-15H2. The molecule has 2 aromatic rings. The first kappa shape index (κ1) is 15.5. The number of nitrogens with one attached hydrogen (secondary N) is 1. The van der Waals surface area contributed by atoms with Crippen molar-refractivity contribution in [1.82, 2.24) is 15.2 Å². The number of thioether (sulfide) groups is 1. The lowest BCUT2D eigenvalue weighted by Gasteiger charge is -2.26. The van der Waals surface area contributed by atoms with Crippen LogP contribution in [0.4, 0.5) is 0 Å². The Morgan fingerprint density at radius 3 is 2.68 bits per heavy atom. The molecule has 0 radical (unpaired) electrons. The van der Waals surface area contributed by atoms with E-state index >= 15 is 0 Å². The van der Waals surface area contributed by atoms with Gasteiger partial charge in [0.1, 0.15) is 0 Å². The lowest BCUT2D eigenvalue weighted by molar-refractivity contribution is 0.255. The van der Waals surface area contributed by atoms with Crippen molar-refractivity contribution in [2.45, 2.75) is 5.75 Å². The number of benzene rings is 1. The van der Waals surface area contributed by atoms with Gasteiger partial charge in [-0.3, -0.25) is 9.88 Å². The van der Waals surface area contributed by atoms with Crippen molar-refractivity contribution < 1.29 is 0 Å². The van der Waals surface area contributed by atoms with Crippen LogP contribution in [0.25, 0.3) is 11.3 Å². The van der Waals surface area contributed by atoms with Crippen molar-refractivity contribution in [1.29, 1.82) is 0 Å². The summed E-state index contributed by atoms with van der Waals surface area (Å²) in [6.07, 6.45) is 1.86. The van der Waals surface area contributed by atoms with Gasteiger partial charge in [0.05, 0.1) is 5.69 Å². The van der Waals surface area contributed by atoms with E-state index < -0.39 is 0 Å². The second-order valence-corrected chi connectivity index (χ2v) is 6.62. The van der Waals surface area contributed by atoms with E-state index in [2.05, 4.69) is 51.6 Å². The zero-order valence-corrected chi connectivity index (χ0v) is 13.7. The normalized spacial score (nSPS) is 15.8. The van der Waals surface area contributed by atoms with Gasteiger partial charge in [0.2, 0.25) is 0 Å². The Bertz CT molecular complexity index is 568. The minimum Gasteiger partial charge on any atom is -0.314 e. The van der Waals surface area contributed by atoms with Crippen molar-refractivity contribution in [2.75, 3.05) is 38.5 Å². The summed E-state index contributed by atoms with van der Waals surface area (Å²) >= 11 is 2.02. The molecule has 0 saturated carbocycles. The molecule has 1 fully saturated rings. The van der Waals surface area contributed by atoms with Crippen LogP contribution in [0.2, 0.25) is 0 Å². The summed E-state index contributed by atoms with van der Waals surface area (Å²) < 4.78 is 0. The molecule has 4 heteroatoms. The van der Waals surface area contributed by atoms with Crippen LogP contribution in [-0.2, 0) is 5.75 Å². The molecule has 3 rings (SSSR count). The highest BCUT2D eigenvalue weighted by molar-refractivity contribution is 7.98. The summed E-state index contributed by atoms with van der Waals surface area (Å²) in [6, 6.07) is 14.7. The number of nitrogens with zero attached hydrogens (tertiary/aromatic N) is 2. The molecule has 1 aliphatic heterocycles. The van der Waals surface area contributed by atoms with Gasteiger partial charge in [-0.1, -0.05) is 30.3 Å². The first-order valence-corrected chi connectivity index (χ1v) is 9.09. The van der Waals surface area contributed by atoms with E-state index in [4.69, 9.17) is 0 Å². The molecule has 1 aliphatic rings. The van der Waals surface area contributed by atoms with Gasteiger partial charge in [0.15, 0.2) is 0 Å². The Labute approximate surface area is 137 Å². The predicted molar refractivity (Wildman–Crippen MR) is 95.1 cm³/mol. The van der Waals surface area contributed by atoms with Crippen molar-refractivity contribution in [3.63, 3.8) is 0 Å². The maximum absolute atomic E-state index is 4.49. The molecule has 0 unspecified atom stereocenters. The van der Waals surface area contributed by atoms with Crippen molar-refractivity contribution in [3.05, 3.63) is 54.2 Å². The SMILES string of the molecule is c1ccc(-c2ccccc2CSCCN2CCNCC2)nc1. The average molecular weight is 313 g/mol. The Balaban J connectivity index is 1.54. The van der Waals surface area contributed by atoms with Crippen LogP contribution in [0.1, 0.15) is 5.56 Å². The Morgan fingerprint density at radius 2 is 1.86 bits per heavy atom. The molecular weight excluding hydrogens is 290 g/mol. The fourth-order valence-electron chi connectivity index (χ4n) is 2.73. The smallest absolute Gasteiger partial charge is 0.0705 e. The van der Waals surface area contributed by atoms with Gasteiger partial charge in [-0.2, -0.15) is 11.8 Å². The molecule has 3 nitrogen and oxygen atoms in total. The number of rotatable bonds is 6. The number of hydrogen-bond acceptors (Lipinski definition) is 4. The summed E-state index contributed by atoms with van der Waals surface area (Å²) in [5.74, 6) is 2.25. The van der Waals surface area contributed by atoms with Crippen LogP contribution in [0.3, 0.4) is 0 Å². The Hall–Kier alpha value is -1.36. The van der Waals surface area contributed by atoms with E-state index in [-0.39, 0.29) is 0 Å². The van der Waals surface area contributed by atoms with E-state index in [1.54, 1.807) is 0 Å². The van der Waals surface area contributed by atoms with Gasteiger partial charge in [-0.15, -0.1) is 0 Å². The van der Waals surface area contributed by atoms with Crippen LogP contribution in [0, 0.1) is 0 Å². The van der Waals surface area contributed by atoms with Crippen LogP contribution in [0.5, 0.6) is 0 Å². The maximum atomic E-state index is 4.49. The molecule has 0 bridgehead atoms. The van der Waals surface area contributed by atoms with Crippen LogP contribution >= 0.6 is 11.8 Å². The van der Waals surface area contributed by atoms with Crippen molar-refractivity contribution >= 4 is 11.8 Å². The summed E-state index contributed by atoms with van der Waals surface area (Å²) in [7, 11) is 0. The summed E-state index contributed by atoms with van der Waals surface area (Å²) in [6.45, 7) is 5.83. The lowest BCUT2D eigenvalue weighted by atomic mass is 10.1. The van der Waals surface area contributed by atoms with E-state index in [0.717, 1.165) is 24.5 Å². The quantitative estimate of drug-likeness (QED) is 0.830. The summed E-state index contributed by atoms with van der Waals surface area (Å²) in [4.78, 5) is 7.04. The first-order chi connectivity index (χ1) is 10.9. The number of pyridine rings is 1. The highest BCUT2D eigenvalue weighted by atomic mass is 32.2. The monoisotopic (exact) mass is 313 g/mol. The molecule has 1 aromatic heterocycles. The fraction of sp³-hybridized carbons (Fsp3) is 0.389. The zero-order chi connectivity index (χ0) is 15.0. The van der Waals surface area contributed by atoms with Crippen molar-refractivity contribution in [2.24, 2.45) is 0 Å². The molecule has 1 N–H and O–H groups in total. The second-order valence-electron chi connectivity index (χ2n) is 5.52. The molecule has 1 saturated heterocycles. The van der Waals surface area contributed by atoms with E-state index in [0.29, 0.717) is 0 Å². The highest BCUT2D eigenvalue weighted by Crippen LogP contribution is 2.25. The Morgan fingerprint density at radius 1 is 1.05 bits per heavy atom. The third-order valence-corrected chi connectivity index (χ3v) is 4.96. The lowest BCUT2D eigenvalue weighted by Crippen LogP contribution is -2.44. The molecule has 0 atom stereocenters. The zero-order valence-electron chi connectivity index (χ0n) is 12.9. The topological polar surface area (TPSA) is 28.2 Å². The minimum absolute atomic E-state index is 1.05. The molecule has 2 heterocycles. The molecule has 0 amide bonds. The van der Waals surface area contributed by atoms with Gasteiger partial charge >= 0.3 is 0 Å². The van der Waals surface area contributed by atoms with Gasteiger partial charge in [-0.25, -0.2) is 0 Å². The molecule has 22 heavy (non-hydrogen) atoms. The minimum atomic E-state index is 1.05. The fourth-order valence-corrected chi connectivity index (χ4v) is 3.73. The van der Waals surface area contributed by atoms with Crippen LogP contribution in [-0.4, -0.2) is 48.4 Å². The third kappa shape index (κ3) is 4.32. The second kappa shape index (κ2) is 8.32. The van der Waals surface area contributed by atoms with Crippen LogP contribution < -0.4 is 5.32 Å². The van der Waals surface area contributed by atoms with Crippen LogP contribution in [0.15, 0.2) is 48.7 Å². The number of hydrogen-bond donors (Lipinski definition) is 1. The van der Waals surface area contributed by atoms with E-state index in [9.17, 15) is 0 Å². The van der Waals surface area contributed by atoms with Gasteiger partial charge in [0, 0.05) is 56.0 Å². The molecule has 1 aromatic carbocycles. The number of aromatic nitrogens is 1. The summed E-state index contributed by atoms with van der Waals surface area (Å²) in [5.41, 5.74) is 3.71. The van der Waals surface area contributed by atoms with Gasteiger partial charge in [0.25, 0.3) is 0 Å². The third-order valence-electron chi connectivity index (χ3n) is 3.98. The molecule has 0 aliphatic carbocycles. The van der Waals surface area contributed by atoms with Crippen molar-refractivity contribution in [3.8, 4) is 11.3 Å². The van der Waals surface area contributed by atoms with Gasteiger partial charge in [-0.05, 0) is 17.7 Å². The first-order valence-electron chi connectivity index (χ1n) is 7.93. The highest BCUT2D eigenvalue weighted by Gasteiger charge is 2.09. The molecule has 116 valence electrons. The molecular formula is C18H23N3S. The maximum Gasteiger partial charge on any atom is 0.0705 e.